The van der Waals surface area contributed by atoms with Gasteiger partial charge in [-0.3, -0.25) is 9.69 Å². The van der Waals surface area contributed by atoms with Crippen molar-refractivity contribution in [3.63, 3.8) is 0 Å². The van der Waals surface area contributed by atoms with E-state index in [-0.39, 0.29) is 12.5 Å². The van der Waals surface area contributed by atoms with Gasteiger partial charge in [0.25, 0.3) is 0 Å². The fourth-order valence-electron chi connectivity index (χ4n) is 2.48. The first-order valence-corrected chi connectivity index (χ1v) is 7.47. The van der Waals surface area contributed by atoms with E-state index >= 15 is 0 Å². The van der Waals surface area contributed by atoms with Crippen molar-refractivity contribution >= 4 is 17.5 Å². The topological polar surface area (TPSA) is 43.8 Å². The molecule has 110 valence electrons. The number of amides is 1. The first-order valence-electron chi connectivity index (χ1n) is 7.03. The summed E-state index contributed by atoms with van der Waals surface area (Å²) < 4.78 is 0. The lowest BCUT2D eigenvalue weighted by molar-refractivity contribution is -0.130. The molecule has 1 aliphatic heterocycles. The minimum atomic E-state index is -0.611. The zero-order chi connectivity index (χ0) is 14.4. The number of hydrogen-bond acceptors (Lipinski definition) is 3. The average molecular weight is 297 g/mol. The molecular formula is C15H21ClN2O2. The van der Waals surface area contributed by atoms with Gasteiger partial charge in [-0.05, 0) is 18.5 Å². The predicted molar refractivity (Wildman–Crippen MR) is 79.8 cm³/mol. The van der Waals surface area contributed by atoms with Crippen LogP contribution in [0, 0.1) is 0 Å². The van der Waals surface area contributed by atoms with E-state index in [0.29, 0.717) is 13.1 Å². The van der Waals surface area contributed by atoms with Gasteiger partial charge in [0, 0.05) is 26.2 Å². The number of aliphatic hydroxyl groups is 1. The monoisotopic (exact) mass is 296 g/mol. The molecular weight excluding hydrogens is 276 g/mol. The molecule has 0 radical (unpaired) electrons. The van der Waals surface area contributed by atoms with Crippen LogP contribution < -0.4 is 0 Å². The van der Waals surface area contributed by atoms with E-state index in [1.165, 1.54) is 0 Å². The molecule has 4 nitrogen and oxygen atoms in total. The van der Waals surface area contributed by atoms with Crippen LogP contribution in [0.25, 0.3) is 0 Å². The average Bonchev–Trinajstić information content (AvgIpc) is 2.73. The van der Waals surface area contributed by atoms with E-state index in [1.807, 2.05) is 35.2 Å². The molecule has 1 aliphatic rings. The highest BCUT2D eigenvalue weighted by Crippen LogP contribution is 2.23. The van der Waals surface area contributed by atoms with Crippen molar-refractivity contribution in [2.45, 2.75) is 11.8 Å². The summed E-state index contributed by atoms with van der Waals surface area (Å²) >= 11 is 6.30. The van der Waals surface area contributed by atoms with Crippen molar-refractivity contribution < 1.29 is 9.90 Å². The van der Waals surface area contributed by atoms with Gasteiger partial charge < -0.3 is 10.0 Å². The standard InChI is InChI=1S/C15H21ClN2O2/c16-14(13-5-2-1-3-6-13)15(20)18-8-4-7-17(9-10-18)11-12-19/h1-3,5-6,14,19H,4,7-12H2. The second-order valence-electron chi connectivity index (χ2n) is 5.02. The maximum Gasteiger partial charge on any atom is 0.245 e. The van der Waals surface area contributed by atoms with Crippen LogP contribution in [0.2, 0.25) is 0 Å². The number of alkyl halides is 1. The first kappa shape index (κ1) is 15.3. The molecule has 0 bridgehead atoms. The minimum Gasteiger partial charge on any atom is -0.395 e. The van der Waals surface area contributed by atoms with Crippen molar-refractivity contribution in [2.24, 2.45) is 0 Å². The molecule has 1 heterocycles. The number of halogens is 1. The van der Waals surface area contributed by atoms with E-state index in [4.69, 9.17) is 16.7 Å². The molecule has 1 amide bonds. The van der Waals surface area contributed by atoms with Gasteiger partial charge in [-0.15, -0.1) is 11.6 Å². The van der Waals surface area contributed by atoms with Gasteiger partial charge in [-0.1, -0.05) is 30.3 Å². The summed E-state index contributed by atoms with van der Waals surface area (Å²) in [5, 5.41) is 8.37. The first-order chi connectivity index (χ1) is 9.72. The van der Waals surface area contributed by atoms with Crippen LogP contribution in [0.1, 0.15) is 17.4 Å². The van der Waals surface area contributed by atoms with Crippen molar-refractivity contribution in [1.82, 2.24) is 9.80 Å². The number of rotatable bonds is 4. The molecule has 20 heavy (non-hydrogen) atoms. The molecule has 1 N–H and O–H groups in total. The fraction of sp³-hybridized carbons (Fsp3) is 0.533. The van der Waals surface area contributed by atoms with E-state index in [2.05, 4.69) is 4.90 Å². The smallest absolute Gasteiger partial charge is 0.245 e. The molecule has 0 aromatic heterocycles. The molecule has 2 rings (SSSR count). The summed E-state index contributed by atoms with van der Waals surface area (Å²) in [7, 11) is 0. The molecule has 1 atom stereocenters. The Hall–Kier alpha value is -1.10. The summed E-state index contributed by atoms with van der Waals surface area (Å²) in [6.07, 6.45) is 0.921. The lowest BCUT2D eigenvalue weighted by atomic mass is 10.1. The van der Waals surface area contributed by atoms with Crippen molar-refractivity contribution in [2.75, 3.05) is 39.3 Å². The second-order valence-corrected chi connectivity index (χ2v) is 5.45. The number of β-amino-alcohol motifs (C(OH)–C–C–N with tert-alkyl or cyclic N) is 1. The van der Waals surface area contributed by atoms with E-state index in [1.54, 1.807) is 0 Å². The second kappa shape index (κ2) is 7.62. The van der Waals surface area contributed by atoms with Gasteiger partial charge in [0.2, 0.25) is 5.91 Å². The third kappa shape index (κ3) is 3.95. The number of aliphatic hydroxyl groups excluding tert-OH is 1. The highest BCUT2D eigenvalue weighted by atomic mass is 35.5. The highest BCUT2D eigenvalue weighted by molar-refractivity contribution is 6.30. The third-order valence-electron chi connectivity index (χ3n) is 3.63. The third-order valence-corrected chi connectivity index (χ3v) is 4.06. The van der Waals surface area contributed by atoms with Crippen LogP contribution in [0.5, 0.6) is 0 Å². The van der Waals surface area contributed by atoms with Crippen LogP contribution >= 0.6 is 11.6 Å². The van der Waals surface area contributed by atoms with E-state index in [0.717, 1.165) is 31.6 Å². The number of carbonyl (C=O) groups is 1. The number of hydrogen-bond donors (Lipinski definition) is 1. The largest absolute Gasteiger partial charge is 0.395 e. The van der Waals surface area contributed by atoms with Gasteiger partial charge in [-0.25, -0.2) is 0 Å². The molecule has 1 fully saturated rings. The van der Waals surface area contributed by atoms with Gasteiger partial charge in [0.05, 0.1) is 6.61 Å². The van der Waals surface area contributed by atoms with Crippen molar-refractivity contribution in [1.29, 1.82) is 0 Å². The van der Waals surface area contributed by atoms with E-state index < -0.39 is 5.38 Å². The highest BCUT2D eigenvalue weighted by Gasteiger charge is 2.25. The maximum absolute atomic E-state index is 12.4. The number of carbonyl (C=O) groups excluding carboxylic acids is 1. The van der Waals surface area contributed by atoms with Crippen LogP contribution in [0.3, 0.4) is 0 Å². The lowest BCUT2D eigenvalue weighted by Gasteiger charge is -2.23. The van der Waals surface area contributed by atoms with Gasteiger partial charge in [0.1, 0.15) is 5.38 Å². The number of nitrogens with zero attached hydrogens (tertiary/aromatic N) is 2. The molecule has 0 spiro atoms. The summed E-state index contributed by atoms with van der Waals surface area (Å²) in [5.41, 5.74) is 0.843. The quantitative estimate of drug-likeness (QED) is 0.856. The van der Waals surface area contributed by atoms with E-state index in [9.17, 15) is 4.79 Å². The Bertz CT molecular complexity index is 427. The normalized spacial score (nSPS) is 18.6. The van der Waals surface area contributed by atoms with Crippen molar-refractivity contribution in [3.05, 3.63) is 35.9 Å². The van der Waals surface area contributed by atoms with Crippen LogP contribution in [-0.2, 0) is 4.79 Å². The van der Waals surface area contributed by atoms with Crippen LogP contribution in [0.4, 0.5) is 0 Å². The Labute approximate surface area is 124 Å². The van der Waals surface area contributed by atoms with Crippen LogP contribution in [0.15, 0.2) is 30.3 Å². The Kier molecular flexibility index (Phi) is 5.83. The lowest BCUT2D eigenvalue weighted by Crippen LogP contribution is -2.37. The molecule has 0 aliphatic carbocycles. The molecule has 1 aromatic rings. The fourth-order valence-corrected chi connectivity index (χ4v) is 2.76. The Morgan fingerprint density at radius 2 is 1.95 bits per heavy atom. The molecule has 1 aromatic carbocycles. The molecule has 1 unspecified atom stereocenters. The minimum absolute atomic E-state index is 0.0243. The Morgan fingerprint density at radius 3 is 2.65 bits per heavy atom. The molecule has 5 heteroatoms. The Morgan fingerprint density at radius 1 is 1.20 bits per heavy atom. The number of benzene rings is 1. The maximum atomic E-state index is 12.4. The van der Waals surface area contributed by atoms with Gasteiger partial charge in [-0.2, -0.15) is 0 Å². The predicted octanol–water partition coefficient (Wildman–Crippen LogP) is 1.49. The SMILES string of the molecule is O=C(C(Cl)c1ccccc1)N1CCCN(CCO)CC1. The van der Waals surface area contributed by atoms with Gasteiger partial charge in [0.15, 0.2) is 0 Å². The summed E-state index contributed by atoms with van der Waals surface area (Å²) in [6.45, 7) is 3.96. The molecule has 1 saturated heterocycles. The zero-order valence-electron chi connectivity index (χ0n) is 11.5. The summed E-state index contributed by atoms with van der Waals surface area (Å²) in [5.74, 6) is -0.0243. The van der Waals surface area contributed by atoms with Crippen molar-refractivity contribution in [3.8, 4) is 0 Å². The summed E-state index contributed by atoms with van der Waals surface area (Å²) in [4.78, 5) is 16.5. The van der Waals surface area contributed by atoms with Crippen LogP contribution in [-0.4, -0.2) is 60.1 Å². The zero-order valence-corrected chi connectivity index (χ0v) is 12.3. The molecule has 0 saturated carbocycles. The van der Waals surface area contributed by atoms with Gasteiger partial charge >= 0.3 is 0 Å². The summed E-state index contributed by atoms with van der Waals surface area (Å²) in [6, 6.07) is 9.46. The Balaban J connectivity index is 1.95.